The third kappa shape index (κ3) is 2.00. The van der Waals surface area contributed by atoms with Gasteiger partial charge in [0, 0.05) is 17.9 Å². The second-order valence-electron chi connectivity index (χ2n) is 4.92. The number of aromatic nitrogens is 3. The van der Waals surface area contributed by atoms with Gasteiger partial charge < -0.3 is 4.90 Å². The second-order valence-corrected chi connectivity index (χ2v) is 5.57. The van der Waals surface area contributed by atoms with Crippen molar-refractivity contribution in [3.8, 4) is 0 Å². The van der Waals surface area contributed by atoms with Crippen molar-refractivity contribution in [1.29, 1.82) is 0 Å². The van der Waals surface area contributed by atoms with E-state index in [1.807, 2.05) is 4.52 Å². The third-order valence-corrected chi connectivity index (χ3v) is 4.35. The summed E-state index contributed by atoms with van der Waals surface area (Å²) in [5, 5.41) is 5.36. The molecular weight excluding hydrogens is 292 g/mol. The van der Waals surface area contributed by atoms with Crippen LogP contribution in [0.4, 0.5) is 5.82 Å². The number of hydrogen-bond donors (Lipinski definition) is 0. The van der Waals surface area contributed by atoms with Gasteiger partial charge in [-0.05, 0) is 43.9 Å². The van der Waals surface area contributed by atoms with E-state index in [0.29, 0.717) is 6.04 Å². The standard InChI is InChI=1S/C13H17BrN4/c1-10-6-12-15-9-16-18(12)13(7-10)17-5-3-2-4-11(17)8-14/h6-7,9,11H,2-5,8H2,1H3. The van der Waals surface area contributed by atoms with Crippen LogP contribution in [0.2, 0.25) is 0 Å². The largest absolute Gasteiger partial charge is 0.353 e. The van der Waals surface area contributed by atoms with Crippen LogP contribution in [0, 0.1) is 6.92 Å². The number of rotatable bonds is 2. The number of aryl methyl sites for hydroxylation is 1. The highest BCUT2D eigenvalue weighted by Gasteiger charge is 2.24. The van der Waals surface area contributed by atoms with E-state index in [-0.39, 0.29) is 0 Å². The molecule has 18 heavy (non-hydrogen) atoms. The van der Waals surface area contributed by atoms with E-state index in [4.69, 9.17) is 0 Å². The van der Waals surface area contributed by atoms with Gasteiger partial charge in [-0.25, -0.2) is 4.98 Å². The molecule has 0 radical (unpaired) electrons. The molecule has 1 saturated heterocycles. The molecule has 1 unspecified atom stereocenters. The van der Waals surface area contributed by atoms with Crippen molar-refractivity contribution in [2.24, 2.45) is 0 Å². The van der Waals surface area contributed by atoms with Gasteiger partial charge in [-0.3, -0.25) is 0 Å². The van der Waals surface area contributed by atoms with Crippen molar-refractivity contribution in [3.05, 3.63) is 24.0 Å². The highest BCUT2D eigenvalue weighted by atomic mass is 79.9. The molecule has 1 aliphatic heterocycles. The minimum absolute atomic E-state index is 0.563. The van der Waals surface area contributed by atoms with Crippen LogP contribution in [0.25, 0.3) is 5.65 Å². The molecule has 0 aliphatic carbocycles. The van der Waals surface area contributed by atoms with Crippen molar-refractivity contribution >= 4 is 27.4 Å². The number of alkyl halides is 1. The second kappa shape index (κ2) is 4.88. The van der Waals surface area contributed by atoms with E-state index in [2.05, 4.69) is 50.0 Å². The fourth-order valence-corrected chi connectivity index (χ4v) is 3.38. The van der Waals surface area contributed by atoms with Crippen molar-refractivity contribution < 1.29 is 0 Å². The minimum Gasteiger partial charge on any atom is -0.353 e. The third-order valence-electron chi connectivity index (χ3n) is 3.60. The van der Waals surface area contributed by atoms with Gasteiger partial charge in [-0.15, -0.1) is 0 Å². The van der Waals surface area contributed by atoms with Gasteiger partial charge in [-0.1, -0.05) is 15.9 Å². The highest BCUT2D eigenvalue weighted by molar-refractivity contribution is 9.09. The molecule has 0 aromatic carbocycles. The summed E-state index contributed by atoms with van der Waals surface area (Å²) in [5.41, 5.74) is 2.17. The molecule has 2 aromatic rings. The molecule has 0 saturated carbocycles. The van der Waals surface area contributed by atoms with Gasteiger partial charge in [0.25, 0.3) is 0 Å². The molecule has 0 bridgehead atoms. The lowest BCUT2D eigenvalue weighted by Crippen LogP contribution is -2.41. The normalized spacial score (nSPS) is 20.6. The summed E-state index contributed by atoms with van der Waals surface area (Å²) in [6.07, 6.45) is 5.45. The molecule has 96 valence electrons. The Morgan fingerprint density at radius 2 is 2.28 bits per heavy atom. The molecule has 1 atom stereocenters. The Hall–Kier alpha value is -1.10. The lowest BCUT2D eigenvalue weighted by molar-refractivity contribution is 0.484. The summed E-state index contributed by atoms with van der Waals surface area (Å²) in [7, 11) is 0. The lowest BCUT2D eigenvalue weighted by atomic mass is 10.0. The van der Waals surface area contributed by atoms with Crippen LogP contribution in [-0.2, 0) is 0 Å². The SMILES string of the molecule is Cc1cc(N2CCCCC2CBr)n2ncnc2c1. The van der Waals surface area contributed by atoms with Crippen molar-refractivity contribution in [1.82, 2.24) is 14.6 Å². The Morgan fingerprint density at radius 1 is 1.39 bits per heavy atom. The van der Waals surface area contributed by atoms with Crippen LogP contribution in [0.5, 0.6) is 0 Å². The van der Waals surface area contributed by atoms with Gasteiger partial charge in [0.05, 0.1) is 0 Å². The predicted octanol–water partition coefficient (Wildman–Crippen LogP) is 2.79. The molecule has 2 aromatic heterocycles. The maximum Gasteiger partial charge on any atom is 0.157 e. The molecule has 5 heteroatoms. The van der Waals surface area contributed by atoms with Gasteiger partial charge in [-0.2, -0.15) is 9.61 Å². The number of pyridine rings is 1. The van der Waals surface area contributed by atoms with Crippen LogP contribution in [0.1, 0.15) is 24.8 Å². The maximum atomic E-state index is 4.35. The molecule has 0 spiro atoms. The van der Waals surface area contributed by atoms with E-state index >= 15 is 0 Å². The first kappa shape index (κ1) is 12.0. The fourth-order valence-electron chi connectivity index (χ4n) is 2.70. The predicted molar refractivity (Wildman–Crippen MR) is 76.5 cm³/mol. The first-order valence-electron chi connectivity index (χ1n) is 6.42. The Labute approximate surface area is 115 Å². The van der Waals surface area contributed by atoms with Crippen molar-refractivity contribution in [3.63, 3.8) is 0 Å². The topological polar surface area (TPSA) is 33.4 Å². The summed E-state index contributed by atoms with van der Waals surface area (Å²) in [6.45, 7) is 3.22. The Kier molecular flexibility index (Phi) is 3.24. The Balaban J connectivity index is 2.08. The summed E-state index contributed by atoms with van der Waals surface area (Å²) < 4.78 is 1.95. The number of halogens is 1. The molecule has 1 aliphatic rings. The van der Waals surface area contributed by atoms with E-state index in [0.717, 1.165) is 17.5 Å². The van der Waals surface area contributed by atoms with E-state index in [9.17, 15) is 0 Å². The molecule has 1 fully saturated rings. The zero-order chi connectivity index (χ0) is 12.5. The first-order valence-corrected chi connectivity index (χ1v) is 7.55. The van der Waals surface area contributed by atoms with Gasteiger partial charge in [0.2, 0.25) is 0 Å². The lowest BCUT2D eigenvalue weighted by Gasteiger charge is -2.36. The Morgan fingerprint density at radius 3 is 3.11 bits per heavy atom. The Bertz CT molecular complexity index is 551. The summed E-state index contributed by atoms with van der Waals surface area (Å²) >= 11 is 3.63. The zero-order valence-electron chi connectivity index (χ0n) is 10.5. The fraction of sp³-hybridized carbons (Fsp3) is 0.538. The molecule has 0 N–H and O–H groups in total. The first-order chi connectivity index (χ1) is 8.79. The van der Waals surface area contributed by atoms with E-state index < -0.39 is 0 Å². The highest BCUT2D eigenvalue weighted by Crippen LogP contribution is 2.26. The van der Waals surface area contributed by atoms with E-state index in [1.54, 1.807) is 6.33 Å². The number of anilines is 1. The molecule has 4 nitrogen and oxygen atoms in total. The van der Waals surface area contributed by atoms with Gasteiger partial charge >= 0.3 is 0 Å². The smallest absolute Gasteiger partial charge is 0.157 e. The van der Waals surface area contributed by atoms with Gasteiger partial charge in [0.15, 0.2) is 5.65 Å². The zero-order valence-corrected chi connectivity index (χ0v) is 12.1. The molecule has 0 amide bonds. The maximum absolute atomic E-state index is 4.35. The summed E-state index contributed by atoms with van der Waals surface area (Å²) in [6, 6.07) is 4.85. The van der Waals surface area contributed by atoms with Crippen LogP contribution in [0.3, 0.4) is 0 Å². The number of fused-ring (bicyclic) bond motifs is 1. The number of nitrogens with zero attached hydrogens (tertiary/aromatic N) is 4. The quantitative estimate of drug-likeness (QED) is 0.800. The van der Waals surface area contributed by atoms with Gasteiger partial charge in [0.1, 0.15) is 12.1 Å². The minimum atomic E-state index is 0.563. The summed E-state index contributed by atoms with van der Waals surface area (Å²) in [4.78, 5) is 6.76. The van der Waals surface area contributed by atoms with Crippen LogP contribution in [-0.4, -0.2) is 32.5 Å². The number of piperidine rings is 1. The van der Waals surface area contributed by atoms with Crippen LogP contribution in [0.15, 0.2) is 18.5 Å². The van der Waals surface area contributed by atoms with Crippen LogP contribution >= 0.6 is 15.9 Å². The molecular formula is C13H17BrN4. The van der Waals surface area contributed by atoms with E-state index in [1.165, 1.54) is 30.6 Å². The average molecular weight is 309 g/mol. The molecule has 3 rings (SSSR count). The monoisotopic (exact) mass is 308 g/mol. The average Bonchev–Trinajstić information content (AvgIpc) is 2.85. The van der Waals surface area contributed by atoms with Crippen molar-refractivity contribution in [2.75, 3.05) is 16.8 Å². The summed E-state index contributed by atoms with van der Waals surface area (Å²) in [5.74, 6) is 1.17. The van der Waals surface area contributed by atoms with Crippen molar-refractivity contribution in [2.45, 2.75) is 32.2 Å². The number of hydrogen-bond acceptors (Lipinski definition) is 3. The van der Waals surface area contributed by atoms with Crippen LogP contribution < -0.4 is 4.90 Å². The molecule has 3 heterocycles.